The van der Waals surface area contributed by atoms with Crippen molar-refractivity contribution in [1.82, 2.24) is 19.9 Å². The topological polar surface area (TPSA) is 112 Å². The maximum absolute atomic E-state index is 13.0. The van der Waals surface area contributed by atoms with Crippen LogP contribution in [-0.4, -0.2) is 32.8 Å². The van der Waals surface area contributed by atoms with Gasteiger partial charge in [0.2, 0.25) is 5.88 Å². The predicted molar refractivity (Wildman–Crippen MR) is 122 cm³/mol. The molecule has 0 bridgehead atoms. The lowest BCUT2D eigenvalue weighted by atomic mass is 9.90. The average Bonchev–Trinajstić information content (AvgIpc) is 3.18. The average molecular weight is 432 g/mol. The molecule has 0 radical (unpaired) electrons. The molecule has 2 aromatic carbocycles. The summed E-state index contributed by atoms with van der Waals surface area (Å²) in [5.41, 5.74) is 2.13. The summed E-state index contributed by atoms with van der Waals surface area (Å²) in [6.07, 6.45) is 1.66. The molecular weight excluding hydrogens is 408 g/mol. The zero-order chi connectivity index (χ0) is 22.4. The molecule has 0 spiro atoms. The van der Waals surface area contributed by atoms with Crippen molar-refractivity contribution < 1.29 is 9.84 Å². The molecule has 8 heteroatoms. The van der Waals surface area contributed by atoms with Crippen LogP contribution in [0.3, 0.4) is 0 Å². The summed E-state index contributed by atoms with van der Waals surface area (Å²) in [7, 11) is 1.55. The van der Waals surface area contributed by atoms with Gasteiger partial charge in [-0.3, -0.25) is 9.78 Å². The number of nitrogens with zero attached hydrogens (tertiary/aromatic N) is 1. The van der Waals surface area contributed by atoms with Crippen molar-refractivity contribution >= 4 is 10.9 Å². The number of para-hydroxylation sites is 1. The number of aromatic nitrogens is 3. The van der Waals surface area contributed by atoms with Crippen molar-refractivity contribution in [3.8, 4) is 17.3 Å². The standard InChI is InChI=1S/C24H24N4O4/c1-3-13-12-17-16-6-4-5-7-18(16)26-20(17)21(25-13)19-22(29)27-24(31)28(23(19)30)14-8-10-15(32-2)11-9-14/h4-11,13,21,25-26,30H,3,12H2,1-2H3,(H,27,29,31)/t13-,21-/m1/s1. The number of rotatable bonds is 4. The van der Waals surface area contributed by atoms with Crippen LogP contribution >= 0.6 is 0 Å². The number of benzene rings is 2. The summed E-state index contributed by atoms with van der Waals surface area (Å²) in [5, 5.41) is 15.8. The molecule has 3 heterocycles. The van der Waals surface area contributed by atoms with Crippen LogP contribution in [0.15, 0.2) is 58.1 Å². The summed E-state index contributed by atoms with van der Waals surface area (Å²) in [5.74, 6) is 0.233. The van der Waals surface area contributed by atoms with Gasteiger partial charge in [-0.2, -0.15) is 0 Å². The molecule has 4 N–H and O–H groups in total. The second-order valence-corrected chi connectivity index (χ2v) is 8.00. The number of H-pyrrole nitrogens is 2. The van der Waals surface area contributed by atoms with Crippen LogP contribution in [0.25, 0.3) is 16.6 Å². The molecule has 1 aliphatic rings. The van der Waals surface area contributed by atoms with E-state index in [9.17, 15) is 14.7 Å². The third kappa shape index (κ3) is 3.11. The van der Waals surface area contributed by atoms with Gasteiger partial charge in [-0.1, -0.05) is 25.1 Å². The Morgan fingerprint density at radius 3 is 2.56 bits per heavy atom. The van der Waals surface area contributed by atoms with Gasteiger partial charge >= 0.3 is 5.69 Å². The van der Waals surface area contributed by atoms with E-state index in [1.807, 2.05) is 18.2 Å². The van der Waals surface area contributed by atoms with Crippen LogP contribution in [0.4, 0.5) is 0 Å². The van der Waals surface area contributed by atoms with Gasteiger partial charge in [0.25, 0.3) is 5.56 Å². The maximum atomic E-state index is 13.0. The number of methoxy groups -OCH3 is 1. The third-order valence-electron chi connectivity index (χ3n) is 6.22. The van der Waals surface area contributed by atoms with Crippen molar-refractivity contribution in [2.45, 2.75) is 31.8 Å². The van der Waals surface area contributed by atoms with E-state index in [2.05, 4.69) is 28.3 Å². The van der Waals surface area contributed by atoms with Gasteiger partial charge in [0.05, 0.1) is 18.8 Å². The summed E-state index contributed by atoms with van der Waals surface area (Å²) in [6, 6.07) is 14.2. The fraction of sp³-hybridized carbons (Fsp3) is 0.250. The Morgan fingerprint density at radius 1 is 1.09 bits per heavy atom. The Labute approximate surface area is 183 Å². The van der Waals surface area contributed by atoms with Crippen LogP contribution in [0.5, 0.6) is 11.6 Å². The van der Waals surface area contributed by atoms with Crippen molar-refractivity contribution in [3.05, 3.63) is 86.2 Å². The third-order valence-corrected chi connectivity index (χ3v) is 6.22. The normalized spacial score (nSPS) is 17.9. The van der Waals surface area contributed by atoms with Crippen molar-refractivity contribution in [2.24, 2.45) is 0 Å². The van der Waals surface area contributed by atoms with E-state index >= 15 is 0 Å². The van der Waals surface area contributed by atoms with E-state index < -0.39 is 17.3 Å². The van der Waals surface area contributed by atoms with E-state index in [1.165, 1.54) is 0 Å². The monoisotopic (exact) mass is 432 g/mol. The Morgan fingerprint density at radius 2 is 1.84 bits per heavy atom. The number of fused-ring (bicyclic) bond motifs is 3. The summed E-state index contributed by atoms with van der Waals surface area (Å²) < 4.78 is 6.28. The van der Waals surface area contributed by atoms with Gasteiger partial charge in [0, 0.05) is 22.6 Å². The van der Waals surface area contributed by atoms with Gasteiger partial charge in [-0.05, 0) is 48.7 Å². The lowest BCUT2D eigenvalue weighted by Gasteiger charge is -2.31. The molecule has 32 heavy (non-hydrogen) atoms. The molecule has 1 aliphatic heterocycles. The van der Waals surface area contributed by atoms with Crippen molar-refractivity contribution in [1.29, 1.82) is 0 Å². The fourth-order valence-corrected chi connectivity index (χ4v) is 4.57. The number of nitrogens with one attached hydrogen (secondary N) is 3. The first-order valence-electron chi connectivity index (χ1n) is 10.6. The second kappa shape index (κ2) is 7.72. The Kier molecular flexibility index (Phi) is 4.86. The Bertz CT molecular complexity index is 1410. The van der Waals surface area contributed by atoms with E-state index in [0.29, 0.717) is 11.4 Å². The molecule has 0 saturated carbocycles. The first-order chi connectivity index (χ1) is 15.5. The molecule has 8 nitrogen and oxygen atoms in total. The number of hydrogen-bond acceptors (Lipinski definition) is 5. The first kappa shape index (κ1) is 20.1. The van der Waals surface area contributed by atoms with Gasteiger partial charge < -0.3 is 20.1 Å². The molecule has 0 fully saturated rings. The van der Waals surface area contributed by atoms with Crippen LogP contribution < -0.4 is 21.3 Å². The predicted octanol–water partition coefficient (Wildman–Crippen LogP) is 2.73. The van der Waals surface area contributed by atoms with Gasteiger partial charge in [-0.15, -0.1) is 0 Å². The zero-order valence-corrected chi connectivity index (χ0v) is 17.8. The summed E-state index contributed by atoms with van der Waals surface area (Å²) in [4.78, 5) is 31.4. The molecule has 164 valence electrons. The fourth-order valence-electron chi connectivity index (χ4n) is 4.57. The number of aromatic amines is 2. The Hall–Kier alpha value is -3.78. The zero-order valence-electron chi connectivity index (χ0n) is 17.8. The van der Waals surface area contributed by atoms with Crippen molar-refractivity contribution in [3.63, 3.8) is 0 Å². The van der Waals surface area contributed by atoms with Crippen LogP contribution in [0.1, 0.15) is 36.2 Å². The SMILES string of the molecule is CC[C@@H]1Cc2c([nH]c3ccccc23)[C@@H](c2c(O)n(-c3ccc(OC)cc3)c(=O)[nH]c2=O)N1. The lowest BCUT2D eigenvalue weighted by Crippen LogP contribution is -2.43. The molecule has 0 amide bonds. The Balaban J connectivity index is 1.73. The minimum atomic E-state index is -0.707. The minimum absolute atomic E-state index is 0.103. The van der Waals surface area contributed by atoms with Crippen LogP contribution in [-0.2, 0) is 6.42 Å². The molecule has 2 atom stereocenters. The number of aromatic hydroxyl groups is 1. The molecular formula is C24H24N4O4. The molecule has 0 aliphatic carbocycles. The number of hydrogen-bond donors (Lipinski definition) is 4. The second-order valence-electron chi connectivity index (χ2n) is 8.00. The van der Waals surface area contributed by atoms with Crippen molar-refractivity contribution in [2.75, 3.05) is 7.11 Å². The quantitative estimate of drug-likeness (QED) is 0.396. The van der Waals surface area contributed by atoms with Crippen LogP contribution in [0, 0.1) is 0 Å². The molecule has 4 aromatic rings. The largest absolute Gasteiger partial charge is 0.497 e. The van der Waals surface area contributed by atoms with E-state index in [0.717, 1.165) is 39.6 Å². The van der Waals surface area contributed by atoms with E-state index in [1.54, 1.807) is 31.4 Å². The molecule has 0 saturated heterocycles. The van der Waals surface area contributed by atoms with Gasteiger partial charge in [0.1, 0.15) is 11.3 Å². The highest BCUT2D eigenvalue weighted by atomic mass is 16.5. The van der Waals surface area contributed by atoms with Crippen LogP contribution in [0.2, 0.25) is 0 Å². The highest BCUT2D eigenvalue weighted by molar-refractivity contribution is 5.85. The van der Waals surface area contributed by atoms with E-state index in [-0.39, 0.29) is 17.5 Å². The molecule has 2 aromatic heterocycles. The maximum Gasteiger partial charge on any atom is 0.335 e. The summed E-state index contributed by atoms with van der Waals surface area (Å²) in [6.45, 7) is 2.08. The molecule has 0 unspecified atom stereocenters. The van der Waals surface area contributed by atoms with Gasteiger partial charge in [0.15, 0.2) is 0 Å². The highest BCUT2D eigenvalue weighted by Gasteiger charge is 2.34. The van der Waals surface area contributed by atoms with E-state index in [4.69, 9.17) is 4.74 Å². The smallest absolute Gasteiger partial charge is 0.335 e. The highest BCUT2D eigenvalue weighted by Crippen LogP contribution is 2.37. The summed E-state index contributed by atoms with van der Waals surface area (Å²) >= 11 is 0. The minimum Gasteiger partial charge on any atom is -0.497 e. The molecule has 5 rings (SSSR count). The van der Waals surface area contributed by atoms with Gasteiger partial charge in [-0.25, -0.2) is 9.36 Å². The number of ether oxygens (including phenoxy) is 1. The first-order valence-corrected chi connectivity index (χ1v) is 10.6. The lowest BCUT2D eigenvalue weighted by molar-refractivity contribution is 0.384.